The number of ether oxygens (including phenoxy) is 3. The zero-order chi connectivity index (χ0) is 24.1. The molecule has 0 radical (unpaired) electrons. The van der Waals surface area contributed by atoms with E-state index < -0.39 is 12.1 Å². The molecule has 0 bridgehead atoms. The number of halogens is 1. The van der Waals surface area contributed by atoms with Crippen LogP contribution >= 0.6 is 15.9 Å². The van der Waals surface area contributed by atoms with Gasteiger partial charge >= 0.3 is 5.97 Å². The molecule has 3 aromatic rings. The number of rotatable bonds is 8. The Kier molecular flexibility index (Phi) is 7.86. The molecule has 0 fully saturated rings. The Morgan fingerprint density at radius 1 is 1.24 bits per heavy atom. The van der Waals surface area contributed by atoms with E-state index in [1.165, 1.54) is 18.0 Å². The Balaban J connectivity index is 2.10. The quantitative estimate of drug-likeness (QED) is 0.323. The largest absolute Gasteiger partial charge is 0.493 e. The number of carbonyl (C=O) groups is 1. The molecule has 0 saturated carbocycles. The molecule has 1 heterocycles. The lowest BCUT2D eigenvalue weighted by atomic mass is 10.2. The SMILES string of the molecule is CCOC(=O)[C@@H](C)Oc1c(C=Nn2c(C(C)C)nc3ccc(Br)cc3c2=O)cccc1OC. The molecular weight excluding hydrogens is 490 g/mol. The van der Waals surface area contributed by atoms with E-state index in [1.54, 1.807) is 44.2 Å². The van der Waals surface area contributed by atoms with E-state index in [1.807, 2.05) is 19.9 Å². The molecule has 8 nitrogen and oxygen atoms in total. The topological polar surface area (TPSA) is 92.0 Å². The third-order valence-corrected chi connectivity index (χ3v) is 5.30. The van der Waals surface area contributed by atoms with Gasteiger partial charge in [-0.2, -0.15) is 9.78 Å². The van der Waals surface area contributed by atoms with E-state index in [0.717, 1.165) is 4.47 Å². The zero-order valence-electron chi connectivity index (χ0n) is 19.2. The van der Waals surface area contributed by atoms with Crippen LogP contribution < -0.4 is 15.0 Å². The van der Waals surface area contributed by atoms with E-state index in [-0.39, 0.29) is 18.1 Å². The summed E-state index contributed by atoms with van der Waals surface area (Å²) in [7, 11) is 1.50. The predicted octanol–water partition coefficient (Wildman–Crippen LogP) is 4.50. The maximum atomic E-state index is 13.2. The first-order chi connectivity index (χ1) is 15.8. The van der Waals surface area contributed by atoms with E-state index >= 15 is 0 Å². The maximum Gasteiger partial charge on any atom is 0.347 e. The zero-order valence-corrected chi connectivity index (χ0v) is 20.8. The summed E-state index contributed by atoms with van der Waals surface area (Å²) in [6.45, 7) is 7.46. The molecule has 0 unspecified atom stereocenters. The van der Waals surface area contributed by atoms with Crippen molar-refractivity contribution in [3.8, 4) is 11.5 Å². The number of benzene rings is 2. The van der Waals surface area contributed by atoms with Gasteiger partial charge in [-0.3, -0.25) is 4.79 Å². The number of hydrogen-bond acceptors (Lipinski definition) is 7. The standard InChI is InChI=1S/C24H26BrN3O5/c1-6-32-24(30)15(4)33-21-16(8-7-9-20(21)31-5)13-26-28-22(14(2)3)27-19-11-10-17(25)12-18(19)23(28)29/h7-15H,6H2,1-5H3/t15-/m1/s1. The molecule has 0 aliphatic heterocycles. The van der Waals surface area contributed by atoms with Crippen LogP contribution in [0.15, 0.2) is 50.8 Å². The number of esters is 1. The molecule has 9 heteroatoms. The highest BCUT2D eigenvalue weighted by atomic mass is 79.9. The maximum absolute atomic E-state index is 13.2. The third kappa shape index (κ3) is 5.42. The Morgan fingerprint density at radius 3 is 2.67 bits per heavy atom. The van der Waals surface area contributed by atoms with Crippen LogP contribution in [0.1, 0.15) is 45.0 Å². The van der Waals surface area contributed by atoms with Crippen LogP contribution in [-0.2, 0) is 9.53 Å². The van der Waals surface area contributed by atoms with E-state index in [9.17, 15) is 9.59 Å². The lowest BCUT2D eigenvalue weighted by Gasteiger charge is -2.17. The molecule has 2 aromatic carbocycles. The highest BCUT2D eigenvalue weighted by Crippen LogP contribution is 2.31. The molecule has 0 aliphatic rings. The third-order valence-electron chi connectivity index (χ3n) is 4.80. The van der Waals surface area contributed by atoms with Crippen LogP contribution in [-0.4, -0.2) is 41.7 Å². The molecule has 0 saturated heterocycles. The summed E-state index contributed by atoms with van der Waals surface area (Å²) < 4.78 is 18.4. The fourth-order valence-electron chi connectivity index (χ4n) is 3.18. The van der Waals surface area contributed by atoms with Crippen molar-refractivity contribution >= 4 is 39.0 Å². The molecule has 1 atom stereocenters. The van der Waals surface area contributed by atoms with Gasteiger partial charge in [-0.25, -0.2) is 9.78 Å². The van der Waals surface area contributed by atoms with Gasteiger partial charge in [-0.05, 0) is 44.2 Å². The van der Waals surface area contributed by atoms with Gasteiger partial charge in [0.25, 0.3) is 5.56 Å². The van der Waals surface area contributed by atoms with Crippen molar-refractivity contribution < 1.29 is 19.0 Å². The monoisotopic (exact) mass is 515 g/mol. The van der Waals surface area contributed by atoms with Gasteiger partial charge in [0.15, 0.2) is 17.6 Å². The van der Waals surface area contributed by atoms with Crippen molar-refractivity contribution in [2.24, 2.45) is 5.10 Å². The fraction of sp³-hybridized carbons (Fsp3) is 0.333. The molecular formula is C24H26BrN3O5. The fourth-order valence-corrected chi connectivity index (χ4v) is 3.54. The summed E-state index contributed by atoms with van der Waals surface area (Å²) in [5.41, 5.74) is 0.847. The second-order valence-corrected chi connectivity index (χ2v) is 8.45. The number of para-hydroxylation sites is 1. The number of carbonyl (C=O) groups excluding carboxylic acids is 1. The van der Waals surface area contributed by atoms with Gasteiger partial charge in [-0.1, -0.05) is 35.8 Å². The first-order valence-corrected chi connectivity index (χ1v) is 11.3. The van der Waals surface area contributed by atoms with Crippen LogP contribution in [0, 0.1) is 0 Å². The minimum Gasteiger partial charge on any atom is -0.493 e. The molecule has 0 amide bonds. The van der Waals surface area contributed by atoms with E-state index in [2.05, 4.69) is 26.0 Å². The van der Waals surface area contributed by atoms with Crippen molar-refractivity contribution in [2.75, 3.05) is 13.7 Å². The van der Waals surface area contributed by atoms with Crippen LogP contribution in [0.3, 0.4) is 0 Å². The lowest BCUT2D eigenvalue weighted by molar-refractivity contribution is -0.150. The Labute approximate surface area is 200 Å². The molecule has 174 valence electrons. The molecule has 33 heavy (non-hydrogen) atoms. The number of fused-ring (bicyclic) bond motifs is 1. The van der Waals surface area contributed by atoms with Gasteiger partial charge in [0.2, 0.25) is 0 Å². The van der Waals surface area contributed by atoms with Crippen LogP contribution in [0.25, 0.3) is 10.9 Å². The summed E-state index contributed by atoms with van der Waals surface area (Å²) in [5, 5.41) is 4.90. The highest BCUT2D eigenvalue weighted by molar-refractivity contribution is 9.10. The van der Waals surface area contributed by atoms with E-state index in [4.69, 9.17) is 14.2 Å². The van der Waals surface area contributed by atoms with Gasteiger partial charge in [0.05, 0.1) is 30.8 Å². The summed E-state index contributed by atoms with van der Waals surface area (Å²) in [6.07, 6.45) is 0.635. The molecule has 0 N–H and O–H groups in total. The number of hydrogen-bond donors (Lipinski definition) is 0. The van der Waals surface area contributed by atoms with E-state index in [0.29, 0.717) is 33.8 Å². The molecule has 3 rings (SSSR count). The predicted molar refractivity (Wildman–Crippen MR) is 131 cm³/mol. The molecule has 0 aliphatic carbocycles. The average molecular weight is 516 g/mol. The Hall–Kier alpha value is -3.20. The number of aromatic nitrogens is 2. The van der Waals surface area contributed by atoms with Crippen LogP contribution in [0.4, 0.5) is 0 Å². The van der Waals surface area contributed by atoms with Crippen molar-refractivity contribution in [1.29, 1.82) is 0 Å². The highest BCUT2D eigenvalue weighted by Gasteiger charge is 2.20. The summed E-state index contributed by atoms with van der Waals surface area (Å²) in [5.74, 6) is 0.727. The molecule has 0 spiro atoms. The van der Waals surface area contributed by atoms with Gasteiger partial charge in [0.1, 0.15) is 5.82 Å². The van der Waals surface area contributed by atoms with Crippen LogP contribution in [0.2, 0.25) is 0 Å². The first-order valence-electron chi connectivity index (χ1n) is 10.5. The second kappa shape index (κ2) is 10.6. The lowest BCUT2D eigenvalue weighted by Crippen LogP contribution is -2.26. The van der Waals surface area contributed by atoms with Gasteiger partial charge < -0.3 is 14.2 Å². The smallest absolute Gasteiger partial charge is 0.347 e. The van der Waals surface area contributed by atoms with Crippen molar-refractivity contribution in [2.45, 2.75) is 39.7 Å². The van der Waals surface area contributed by atoms with Crippen molar-refractivity contribution in [3.05, 3.63) is 62.6 Å². The van der Waals surface area contributed by atoms with Crippen LogP contribution in [0.5, 0.6) is 11.5 Å². The summed E-state index contributed by atoms with van der Waals surface area (Å²) >= 11 is 3.40. The number of nitrogens with zero attached hydrogens (tertiary/aromatic N) is 3. The average Bonchev–Trinajstić information content (AvgIpc) is 2.79. The van der Waals surface area contributed by atoms with Crippen molar-refractivity contribution in [3.63, 3.8) is 0 Å². The van der Waals surface area contributed by atoms with Crippen molar-refractivity contribution in [1.82, 2.24) is 9.66 Å². The Bertz CT molecular complexity index is 1250. The minimum absolute atomic E-state index is 0.0484. The summed E-state index contributed by atoms with van der Waals surface area (Å²) in [4.78, 5) is 30.0. The normalized spacial score (nSPS) is 12.3. The van der Waals surface area contributed by atoms with Gasteiger partial charge in [0, 0.05) is 16.0 Å². The second-order valence-electron chi connectivity index (χ2n) is 7.54. The molecule has 1 aromatic heterocycles. The minimum atomic E-state index is -0.859. The number of methoxy groups -OCH3 is 1. The first kappa shape index (κ1) is 24.4. The summed E-state index contributed by atoms with van der Waals surface area (Å²) in [6, 6.07) is 10.6. The Morgan fingerprint density at radius 2 is 2.00 bits per heavy atom. The van der Waals surface area contributed by atoms with Gasteiger partial charge in [-0.15, -0.1) is 0 Å².